The third kappa shape index (κ3) is 5.56. The molecule has 1 N–H and O–H groups in total. The number of nitrogens with zero attached hydrogens (tertiary/aromatic N) is 3. The lowest BCUT2D eigenvalue weighted by atomic mass is 10.00. The fourth-order valence-electron chi connectivity index (χ4n) is 3.92. The molecule has 176 valence electrons. The largest absolute Gasteiger partial charge is 0.377 e. The van der Waals surface area contributed by atoms with Crippen molar-refractivity contribution in [2.24, 2.45) is 16.0 Å². The zero-order chi connectivity index (χ0) is 23.8. The van der Waals surface area contributed by atoms with Crippen molar-refractivity contribution in [2.45, 2.75) is 65.0 Å². The molecule has 1 aromatic rings. The second-order valence-corrected chi connectivity index (χ2v) is 10.3. The first kappa shape index (κ1) is 23.7. The SMILES string of the molecule is COC(C)(C)CN=C1CC(Cl)=NN2C1=CCC(C)C=C2c1ccc(C(=O)NC2CC2)c(C)c1. The van der Waals surface area contributed by atoms with Crippen LogP contribution >= 0.6 is 11.6 Å². The van der Waals surface area contributed by atoms with E-state index in [0.29, 0.717) is 35.7 Å². The van der Waals surface area contributed by atoms with Crippen LogP contribution in [0.4, 0.5) is 0 Å². The van der Waals surface area contributed by atoms with Crippen molar-refractivity contribution < 1.29 is 9.53 Å². The number of carbonyl (C=O) groups excluding carboxylic acids is 1. The highest BCUT2D eigenvalue weighted by atomic mass is 35.5. The number of fused-ring (bicyclic) bond motifs is 1. The Morgan fingerprint density at radius 1 is 1.33 bits per heavy atom. The maximum atomic E-state index is 12.6. The predicted octanol–water partition coefficient (Wildman–Crippen LogP) is 5.28. The summed E-state index contributed by atoms with van der Waals surface area (Å²) in [4.78, 5) is 17.5. The lowest BCUT2D eigenvalue weighted by Gasteiger charge is -2.30. The van der Waals surface area contributed by atoms with E-state index in [2.05, 4.69) is 30.5 Å². The van der Waals surface area contributed by atoms with Crippen molar-refractivity contribution in [1.29, 1.82) is 0 Å². The molecule has 6 nitrogen and oxygen atoms in total. The normalized spacial score (nSPS) is 22.2. The molecule has 1 aromatic carbocycles. The standard InChI is InChI=1S/C26H33ClN4O2/c1-16-6-11-22-21(28-15-26(3,4)33-5)14-24(27)30-31(22)23(12-16)18-7-10-20(17(2)13-18)25(32)29-19-8-9-19/h7,10-13,16,19H,6,8-9,14-15H2,1-5H3,(H,29,32). The van der Waals surface area contributed by atoms with Gasteiger partial charge in [-0.1, -0.05) is 36.7 Å². The van der Waals surface area contributed by atoms with Crippen molar-refractivity contribution >= 4 is 34.1 Å². The minimum atomic E-state index is -0.357. The summed E-state index contributed by atoms with van der Waals surface area (Å²) in [7, 11) is 1.70. The molecule has 2 heterocycles. The summed E-state index contributed by atoms with van der Waals surface area (Å²) in [5.41, 5.74) is 5.14. The molecular weight excluding hydrogens is 436 g/mol. The smallest absolute Gasteiger partial charge is 0.251 e. The molecule has 0 aromatic heterocycles. The van der Waals surface area contributed by atoms with Gasteiger partial charge in [0.05, 0.1) is 29.3 Å². The van der Waals surface area contributed by atoms with E-state index in [0.717, 1.165) is 47.5 Å². The van der Waals surface area contributed by atoms with E-state index in [4.69, 9.17) is 26.4 Å². The number of amides is 1. The van der Waals surface area contributed by atoms with Gasteiger partial charge < -0.3 is 10.1 Å². The third-order valence-electron chi connectivity index (χ3n) is 6.28. The first-order chi connectivity index (χ1) is 15.7. The molecule has 1 saturated carbocycles. The van der Waals surface area contributed by atoms with E-state index < -0.39 is 0 Å². The number of nitrogens with one attached hydrogen (secondary N) is 1. The maximum Gasteiger partial charge on any atom is 0.251 e. The number of aryl methyl sites for hydroxylation is 1. The molecule has 7 heteroatoms. The first-order valence-corrected chi connectivity index (χ1v) is 12.0. The third-order valence-corrected chi connectivity index (χ3v) is 6.49. The first-order valence-electron chi connectivity index (χ1n) is 11.6. The number of benzene rings is 1. The molecule has 0 radical (unpaired) electrons. The summed E-state index contributed by atoms with van der Waals surface area (Å²) in [5, 5.41) is 10.2. The van der Waals surface area contributed by atoms with Crippen LogP contribution in [0.5, 0.6) is 0 Å². The average molecular weight is 469 g/mol. The van der Waals surface area contributed by atoms with E-state index in [9.17, 15) is 4.79 Å². The summed E-state index contributed by atoms with van der Waals surface area (Å²) in [5.74, 6) is 0.321. The minimum absolute atomic E-state index is 0.000404. The second-order valence-electron chi connectivity index (χ2n) is 9.82. The average Bonchev–Trinajstić information content (AvgIpc) is 3.59. The fourth-order valence-corrected chi connectivity index (χ4v) is 4.12. The highest BCUT2D eigenvalue weighted by Gasteiger charge is 2.30. The van der Waals surface area contributed by atoms with Crippen LogP contribution in [0.25, 0.3) is 5.70 Å². The predicted molar refractivity (Wildman–Crippen MR) is 135 cm³/mol. The number of allylic oxidation sites excluding steroid dienone is 3. The second kappa shape index (κ2) is 9.43. The van der Waals surface area contributed by atoms with Gasteiger partial charge in [0.15, 0.2) is 0 Å². The van der Waals surface area contributed by atoms with Gasteiger partial charge in [-0.25, -0.2) is 5.01 Å². The van der Waals surface area contributed by atoms with Crippen LogP contribution in [0.3, 0.4) is 0 Å². The Morgan fingerprint density at radius 3 is 2.76 bits per heavy atom. The topological polar surface area (TPSA) is 66.3 Å². The minimum Gasteiger partial charge on any atom is -0.377 e. The van der Waals surface area contributed by atoms with E-state index in [1.807, 2.05) is 37.9 Å². The lowest BCUT2D eigenvalue weighted by molar-refractivity contribution is 0.0311. The number of halogens is 1. The Hall–Kier alpha value is -2.44. The number of hydrazone groups is 1. The van der Waals surface area contributed by atoms with E-state index in [1.165, 1.54) is 0 Å². The van der Waals surface area contributed by atoms with Gasteiger partial charge >= 0.3 is 0 Å². The molecule has 2 aliphatic heterocycles. The summed E-state index contributed by atoms with van der Waals surface area (Å²) >= 11 is 6.50. The molecule has 3 aliphatic rings. The van der Waals surface area contributed by atoms with E-state index >= 15 is 0 Å². The van der Waals surface area contributed by atoms with E-state index in [-0.39, 0.29) is 11.5 Å². The Labute approximate surface area is 201 Å². The Bertz CT molecular complexity index is 1070. The Balaban J connectivity index is 1.68. The monoisotopic (exact) mass is 468 g/mol. The molecule has 0 bridgehead atoms. The number of hydrogen-bond acceptors (Lipinski definition) is 5. The van der Waals surface area contributed by atoms with Gasteiger partial charge in [0.25, 0.3) is 5.91 Å². The molecular formula is C26H33ClN4O2. The maximum absolute atomic E-state index is 12.6. The molecule has 4 rings (SSSR count). The highest BCUT2D eigenvalue weighted by Crippen LogP contribution is 2.35. The van der Waals surface area contributed by atoms with Crippen molar-refractivity contribution in [3.63, 3.8) is 0 Å². The number of ether oxygens (including phenoxy) is 1. The van der Waals surface area contributed by atoms with Crippen LogP contribution in [0, 0.1) is 12.8 Å². The number of carbonyl (C=O) groups is 1. The highest BCUT2D eigenvalue weighted by molar-refractivity contribution is 6.67. The van der Waals surface area contributed by atoms with Crippen molar-refractivity contribution in [1.82, 2.24) is 10.3 Å². The number of rotatable bonds is 6. The summed E-state index contributed by atoms with van der Waals surface area (Å²) in [6.45, 7) is 8.75. The lowest BCUT2D eigenvalue weighted by Crippen LogP contribution is -2.31. The van der Waals surface area contributed by atoms with Crippen molar-refractivity contribution in [3.05, 3.63) is 52.7 Å². The summed E-state index contributed by atoms with van der Waals surface area (Å²) in [6.07, 6.45) is 7.95. The summed E-state index contributed by atoms with van der Waals surface area (Å²) < 4.78 is 5.55. The molecule has 0 saturated heterocycles. The van der Waals surface area contributed by atoms with Crippen molar-refractivity contribution in [3.8, 4) is 0 Å². The Kier molecular flexibility index (Phi) is 6.78. The van der Waals surface area contributed by atoms with Crippen LogP contribution < -0.4 is 5.32 Å². The fraction of sp³-hybridized carbons (Fsp3) is 0.500. The molecule has 1 aliphatic carbocycles. The van der Waals surface area contributed by atoms with Gasteiger partial charge in [-0.2, -0.15) is 5.10 Å². The quantitative estimate of drug-likeness (QED) is 0.618. The Morgan fingerprint density at radius 2 is 2.09 bits per heavy atom. The molecule has 1 fully saturated rings. The van der Waals surface area contributed by atoms with Gasteiger partial charge in [-0.3, -0.25) is 9.79 Å². The van der Waals surface area contributed by atoms with Gasteiger partial charge in [-0.05, 0) is 63.6 Å². The zero-order valence-corrected chi connectivity index (χ0v) is 20.9. The van der Waals surface area contributed by atoms with Crippen LogP contribution in [-0.2, 0) is 4.74 Å². The molecule has 1 atom stereocenters. The van der Waals surface area contributed by atoms with Crippen molar-refractivity contribution in [2.75, 3.05) is 13.7 Å². The van der Waals surface area contributed by atoms with Crippen LogP contribution in [0.1, 0.15) is 67.9 Å². The van der Waals surface area contributed by atoms with E-state index in [1.54, 1.807) is 7.11 Å². The number of hydrogen-bond donors (Lipinski definition) is 1. The number of aliphatic imine (C=N–C) groups is 1. The van der Waals surface area contributed by atoms with Gasteiger partial charge in [0.2, 0.25) is 0 Å². The zero-order valence-electron chi connectivity index (χ0n) is 20.1. The van der Waals surface area contributed by atoms with Crippen LogP contribution in [-0.4, -0.2) is 47.1 Å². The molecule has 0 spiro atoms. The van der Waals surface area contributed by atoms with Gasteiger partial charge in [0.1, 0.15) is 5.17 Å². The molecule has 1 unspecified atom stereocenters. The van der Waals surface area contributed by atoms with Crippen LogP contribution in [0.2, 0.25) is 0 Å². The van der Waals surface area contributed by atoms with Gasteiger partial charge in [0, 0.05) is 30.7 Å². The molecule has 1 amide bonds. The molecule has 33 heavy (non-hydrogen) atoms. The van der Waals surface area contributed by atoms with Gasteiger partial charge in [-0.15, -0.1) is 0 Å². The van der Waals surface area contributed by atoms with Crippen LogP contribution in [0.15, 0.2) is 46.1 Å². The number of methoxy groups -OCH3 is 1. The summed E-state index contributed by atoms with van der Waals surface area (Å²) in [6, 6.07) is 6.30.